The molecular weight excluding hydrogens is 278 g/mol. The van der Waals surface area contributed by atoms with Gasteiger partial charge in [0.25, 0.3) is 12.0 Å². The molecule has 0 aromatic carbocycles. The summed E-state index contributed by atoms with van der Waals surface area (Å²) in [6, 6.07) is 0. The lowest BCUT2D eigenvalue weighted by atomic mass is 10.0. The predicted octanol–water partition coefficient (Wildman–Crippen LogP) is -0.530. The largest absolute Gasteiger partial charge is 0.468 e. The highest BCUT2D eigenvalue weighted by molar-refractivity contribution is 5.70. The summed E-state index contributed by atoms with van der Waals surface area (Å²) in [7, 11) is 0. The van der Waals surface area contributed by atoms with Gasteiger partial charge in [-0.15, -0.1) is 0 Å². The predicted molar refractivity (Wildman–Crippen MR) is 73.4 cm³/mol. The van der Waals surface area contributed by atoms with E-state index in [1.54, 1.807) is 4.57 Å². The van der Waals surface area contributed by atoms with Crippen LogP contribution in [-0.4, -0.2) is 38.9 Å². The first-order valence-corrected chi connectivity index (χ1v) is 6.35. The van der Waals surface area contributed by atoms with E-state index in [1.807, 2.05) is 0 Å². The van der Waals surface area contributed by atoms with Crippen molar-refractivity contribution in [2.45, 2.75) is 19.4 Å². The van der Waals surface area contributed by atoms with E-state index < -0.39 is 5.56 Å². The van der Waals surface area contributed by atoms with Crippen LogP contribution in [0.15, 0.2) is 11.1 Å². The summed E-state index contributed by atoms with van der Waals surface area (Å²) < 4.78 is 6.37. The van der Waals surface area contributed by atoms with Gasteiger partial charge in [-0.05, 0) is 6.42 Å². The van der Waals surface area contributed by atoms with Gasteiger partial charge in [0.1, 0.15) is 6.29 Å². The van der Waals surface area contributed by atoms with E-state index >= 15 is 0 Å². The molecule has 9 nitrogen and oxygen atoms in total. The van der Waals surface area contributed by atoms with Crippen molar-refractivity contribution in [2.24, 2.45) is 5.92 Å². The minimum Gasteiger partial charge on any atom is -0.468 e. The third-order valence-corrected chi connectivity index (χ3v) is 3.10. The van der Waals surface area contributed by atoms with Crippen molar-refractivity contribution in [3.63, 3.8) is 0 Å². The summed E-state index contributed by atoms with van der Waals surface area (Å²) in [6.07, 6.45) is 3.14. The molecule has 1 unspecified atom stereocenters. The number of rotatable bonds is 8. The first kappa shape index (κ1) is 14.7. The van der Waals surface area contributed by atoms with E-state index in [-0.39, 0.29) is 30.4 Å². The Morgan fingerprint density at radius 2 is 2.29 bits per heavy atom. The zero-order valence-electron chi connectivity index (χ0n) is 11.2. The van der Waals surface area contributed by atoms with Gasteiger partial charge < -0.3 is 19.8 Å². The molecule has 2 rings (SSSR count). The summed E-state index contributed by atoms with van der Waals surface area (Å²) in [5, 5.41) is 0. The van der Waals surface area contributed by atoms with Gasteiger partial charge in [0.15, 0.2) is 11.2 Å². The molecular formula is C12H15N5O4. The summed E-state index contributed by atoms with van der Waals surface area (Å²) in [4.78, 5) is 42.9. The van der Waals surface area contributed by atoms with Gasteiger partial charge in [0.2, 0.25) is 5.95 Å². The highest BCUT2D eigenvalue weighted by Crippen LogP contribution is 2.12. The molecule has 0 fully saturated rings. The number of hydrogen-bond donors (Lipinski definition) is 2. The Morgan fingerprint density at radius 1 is 1.48 bits per heavy atom. The summed E-state index contributed by atoms with van der Waals surface area (Å²) in [5.41, 5.74) is 5.71. The lowest BCUT2D eigenvalue weighted by Crippen LogP contribution is -2.15. The van der Waals surface area contributed by atoms with Gasteiger partial charge >= 0.3 is 0 Å². The fourth-order valence-electron chi connectivity index (χ4n) is 2.04. The molecule has 0 aliphatic carbocycles. The molecule has 0 aliphatic heterocycles. The SMILES string of the molecule is Nc1nc2c(ncn2CCC(CC=O)COC=O)c(=O)[nH]1. The minimum atomic E-state index is -0.398. The van der Waals surface area contributed by atoms with Gasteiger partial charge in [0, 0.05) is 18.9 Å². The molecule has 0 saturated carbocycles. The highest BCUT2D eigenvalue weighted by Gasteiger charge is 2.13. The fourth-order valence-corrected chi connectivity index (χ4v) is 2.04. The average Bonchev–Trinajstić information content (AvgIpc) is 2.85. The number of imidazole rings is 1. The Balaban J connectivity index is 2.13. The number of fused-ring (bicyclic) bond motifs is 1. The molecule has 0 bridgehead atoms. The number of nitrogens with two attached hydrogens (primary N) is 1. The second-order valence-electron chi connectivity index (χ2n) is 4.55. The van der Waals surface area contributed by atoms with Crippen LogP contribution in [0, 0.1) is 5.92 Å². The molecule has 0 amide bonds. The molecule has 0 saturated heterocycles. The van der Waals surface area contributed by atoms with E-state index in [2.05, 4.69) is 19.7 Å². The van der Waals surface area contributed by atoms with Crippen molar-refractivity contribution in [1.82, 2.24) is 19.5 Å². The van der Waals surface area contributed by atoms with Gasteiger partial charge in [-0.1, -0.05) is 0 Å². The zero-order chi connectivity index (χ0) is 15.2. The van der Waals surface area contributed by atoms with Crippen molar-refractivity contribution in [3.8, 4) is 0 Å². The molecule has 112 valence electrons. The summed E-state index contributed by atoms with van der Waals surface area (Å²) in [5.74, 6) is -0.0764. The Bertz CT molecular complexity index is 693. The number of H-pyrrole nitrogens is 1. The van der Waals surface area contributed by atoms with Crippen LogP contribution in [0.4, 0.5) is 5.95 Å². The van der Waals surface area contributed by atoms with Crippen LogP contribution in [0.1, 0.15) is 12.8 Å². The third kappa shape index (κ3) is 3.44. The van der Waals surface area contributed by atoms with Crippen LogP contribution in [-0.2, 0) is 20.9 Å². The number of carbonyl (C=O) groups is 2. The molecule has 3 N–H and O–H groups in total. The van der Waals surface area contributed by atoms with E-state index in [1.165, 1.54) is 6.33 Å². The van der Waals surface area contributed by atoms with Crippen LogP contribution < -0.4 is 11.3 Å². The maximum atomic E-state index is 11.6. The highest BCUT2D eigenvalue weighted by atomic mass is 16.5. The Labute approximate surface area is 119 Å². The molecule has 0 radical (unpaired) electrons. The Kier molecular flexibility index (Phi) is 4.64. The molecule has 2 heterocycles. The Morgan fingerprint density at radius 3 is 3.00 bits per heavy atom. The number of nitrogen functional groups attached to an aromatic ring is 1. The van der Waals surface area contributed by atoms with Crippen LogP contribution in [0.25, 0.3) is 11.2 Å². The first-order chi connectivity index (χ1) is 10.2. The molecule has 0 spiro atoms. The Hall–Kier alpha value is -2.71. The van der Waals surface area contributed by atoms with Crippen LogP contribution >= 0.6 is 0 Å². The van der Waals surface area contributed by atoms with Gasteiger partial charge in [-0.3, -0.25) is 14.6 Å². The number of aromatic nitrogens is 4. The maximum absolute atomic E-state index is 11.6. The van der Waals surface area contributed by atoms with Crippen LogP contribution in [0.5, 0.6) is 0 Å². The lowest BCUT2D eigenvalue weighted by molar-refractivity contribution is -0.130. The van der Waals surface area contributed by atoms with Crippen LogP contribution in [0.3, 0.4) is 0 Å². The number of aryl methyl sites for hydroxylation is 1. The van der Waals surface area contributed by atoms with Gasteiger partial charge in [0.05, 0.1) is 12.9 Å². The smallest absolute Gasteiger partial charge is 0.293 e. The zero-order valence-corrected chi connectivity index (χ0v) is 11.2. The third-order valence-electron chi connectivity index (χ3n) is 3.10. The van der Waals surface area contributed by atoms with E-state index in [0.29, 0.717) is 25.1 Å². The number of nitrogens with one attached hydrogen (secondary N) is 1. The number of carbonyl (C=O) groups excluding carboxylic acids is 2. The van der Waals surface area contributed by atoms with Gasteiger partial charge in [-0.2, -0.15) is 4.98 Å². The number of aromatic amines is 1. The standard InChI is InChI=1S/C12H15N5O4/c13-12-15-10-9(11(20)16-12)14-6-17(10)3-1-8(2-4-18)5-21-7-19/h4,6-8H,1-3,5H2,(H3,13,15,16,20). The van der Waals surface area contributed by atoms with Crippen LogP contribution in [0.2, 0.25) is 0 Å². The topological polar surface area (TPSA) is 133 Å². The van der Waals surface area contributed by atoms with Crippen molar-refractivity contribution in [1.29, 1.82) is 0 Å². The quantitative estimate of drug-likeness (QED) is 0.625. The minimum absolute atomic E-state index is 0.0166. The van der Waals surface area contributed by atoms with Crippen molar-refractivity contribution in [3.05, 3.63) is 16.7 Å². The molecule has 2 aromatic heterocycles. The lowest BCUT2D eigenvalue weighted by Gasteiger charge is -2.13. The number of aldehydes is 1. The molecule has 9 heteroatoms. The number of nitrogens with zero attached hydrogens (tertiary/aromatic N) is 3. The van der Waals surface area contributed by atoms with Gasteiger partial charge in [-0.25, -0.2) is 4.98 Å². The molecule has 21 heavy (non-hydrogen) atoms. The normalized spacial score (nSPS) is 12.2. The second kappa shape index (κ2) is 6.64. The molecule has 2 aromatic rings. The second-order valence-corrected chi connectivity index (χ2v) is 4.55. The van der Waals surface area contributed by atoms with E-state index in [4.69, 9.17) is 5.73 Å². The van der Waals surface area contributed by atoms with Crippen molar-refractivity contribution in [2.75, 3.05) is 12.3 Å². The van der Waals surface area contributed by atoms with E-state index in [9.17, 15) is 14.4 Å². The first-order valence-electron chi connectivity index (χ1n) is 6.35. The fraction of sp³-hybridized carbons (Fsp3) is 0.417. The maximum Gasteiger partial charge on any atom is 0.293 e. The number of hydrogen-bond acceptors (Lipinski definition) is 7. The van der Waals surface area contributed by atoms with Crippen molar-refractivity contribution >= 4 is 29.9 Å². The summed E-state index contributed by atoms with van der Waals surface area (Å²) >= 11 is 0. The van der Waals surface area contributed by atoms with Crippen molar-refractivity contribution < 1.29 is 14.3 Å². The van der Waals surface area contributed by atoms with E-state index in [0.717, 1.165) is 6.29 Å². The number of ether oxygens (including phenoxy) is 1. The summed E-state index contributed by atoms with van der Waals surface area (Å²) in [6.45, 7) is 1.00. The number of anilines is 1. The molecule has 1 atom stereocenters. The average molecular weight is 293 g/mol. The monoisotopic (exact) mass is 293 g/mol. The molecule has 0 aliphatic rings.